The maximum absolute atomic E-state index is 13.1. The van der Waals surface area contributed by atoms with Crippen LogP contribution in [0.5, 0.6) is 0 Å². The van der Waals surface area contributed by atoms with Crippen molar-refractivity contribution >= 4 is 35.8 Å². The van der Waals surface area contributed by atoms with Crippen molar-refractivity contribution in [2.24, 2.45) is 11.3 Å². The van der Waals surface area contributed by atoms with Crippen LogP contribution >= 0.6 is 24.2 Å². The third-order valence-electron chi connectivity index (χ3n) is 5.23. The summed E-state index contributed by atoms with van der Waals surface area (Å²) in [7, 11) is 1.93. The number of carbonyl (C=O) groups excluding carboxylic acids is 1. The lowest BCUT2D eigenvalue weighted by Gasteiger charge is -2.39. The minimum atomic E-state index is -0.162. The molecule has 3 nitrogen and oxygen atoms in total. The van der Waals surface area contributed by atoms with Crippen molar-refractivity contribution in [3.05, 3.63) is 24.3 Å². The molecule has 2 fully saturated rings. The molecule has 2 aliphatic rings. The van der Waals surface area contributed by atoms with Crippen molar-refractivity contribution in [3.63, 3.8) is 0 Å². The van der Waals surface area contributed by atoms with Crippen molar-refractivity contribution in [2.45, 2.75) is 30.6 Å². The fourth-order valence-corrected chi connectivity index (χ4v) is 4.33. The zero-order chi connectivity index (χ0) is 14.9. The average Bonchev–Trinajstić information content (AvgIpc) is 2.98. The summed E-state index contributed by atoms with van der Waals surface area (Å²) in [4.78, 5) is 16.2. The summed E-state index contributed by atoms with van der Waals surface area (Å²) in [5.74, 6) is 0.820. The number of carbonyl (C=O) groups is 1. The van der Waals surface area contributed by atoms with Crippen LogP contribution in [0.3, 0.4) is 0 Å². The van der Waals surface area contributed by atoms with Crippen LogP contribution in [0.1, 0.15) is 25.7 Å². The molecule has 1 aliphatic carbocycles. The van der Waals surface area contributed by atoms with Gasteiger partial charge in [0.2, 0.25) is 5.91 Å². The zero-order valence-electron chi connectivity index (χ0n) is 13.3. The van der Waals surface area contributed by atoms with E-state index in [1.807, 2.05) is 11.9 Å². The van der Waals surface area contributed by atoms with Gasteiger partial charge in [-0.25, -0.2) is 0 Å². The topological polar surface area (TPSA) is 32.3 Å². The van der Waals surface area contributed by atoms with Crippen molar-refractivity contribution in [1.29, 1.82) is 0 Å². The van der Waals surface area contributed by atoms with Gasteiger partial charge in [-0.1, -0.05) is 12.8 Å². The minimum absolute atomic E-state index is 0. The summed E-state index contributed by atoms with van der Waals surface area (Å²) < 4.78 is 0. The molecule has 5 heteroatoms. The van der Waals surface area contributed by atoms with Crippen molar-refractivity contribution in [3.8, 4) is 0 Å². The number of fused-ring (bicyclic) bond motifs is 1. The molecule has 1 aliphatic heterocycles. The predicted octanol–water partition coefficient (Wildman–Crippen LogP) is 3.57. The van der Waals surface area contributed by atoms with E-state index in [1.54, 1.807) is 11.8 Å². The molecule has 1 aromatic carbocycles. The molecule has 1 saturated heterocycles. The molecule has 22 heavy (non-hydrogen) atoms. The second-order valence-electron chi connectivity index (χ2n) is 6.29. The maximum atomic E-state index is 13.1. The molecule has 0 bridgehead atoms. The molecule has 1 heterocycles. The molecule has 3 rings (SSSR count). The number of nitrogens with one attached hydrogen (secondary N) is 1. The Balaban J connectivity index is 0.00000176. The highest BCUT2D eigenvalue weighted by Crippen LogP contribution is 2.45. The lowest BCUT2D eigenvalue weighted by atomic mass is 9.67. The Morgan fingerprint density at radius 2 is 2.05 bits per heavy atom. The van der Waals surface area contributed by atoms with E-state index in [0.29, 0.717) is 11.8 Å². The fraction of sp³-hybridized carbons (Fsp3) is 0.588. The Morgan fingerprint density at radius 3 is 2.73 bits per heavy atom. The number of thioether (sulfide) groups is 1. The number of hydrogen-bond donors (Lipinski definition) is 1. The van der Waals surface area contributed by atoms with Crippen LogP contribution in [-0.2, 0) is 4.79 Å². The molecule has 2 atom stereocenters. The molecular formula is C17H25ClN2OS. The molecule has 0 aromatic heterocycles. The summed E-state index contributed by atoms with van der Waals surface area (Å²) >= 11 is 1.73. The van der Waals surface area contributed by atoms with Gasteiger partial charge in [0.25, 0.3) is 0 Å². The quantitative estimate of drug-likeness (QED) is 0.854. The molecule has 1 amide bonds. The van der Waals surface area contributed by atoms with Gasteiger partial charge in [0, 0.05) is 24.2 Å². The largest absolute Gasteiger partial charge is 0.315 e. The summed E-state index contributed by atoms with van der Waals surface area (Å²) in [5.41, 5.74) is 0.842. The van der Waals surface area contributed by atoms with E-state index < -0.39 is 0 Å². The Kier molecular flexibility index (Phi) is 5.81. The van der Waals surface area contributed by atoms with Crippen molar-refractivity contribution < 1.29 is 4.79 Å². The Bertz CT molecular complexity index is 522. The molecule has 1 N–H and O–H groups in total. The van der Waals surface area contributed by atoms with E-state index in [1.165, 1.54) is 24.2 Å². The van der Waals surface area contributed by atoms with Gasteiger partial charge in [-0.05, 0) is 55.8 Å². The second kappa shape index (κ2) is 7.24. The van der Waals surface area contributed by atoms with Crippen LogP contribution < -0.4 is 10.2 Å². The number of amides is 1. The van der Waals surface area contributed by atoms with Gasteiger partial charge in [-0.15, -0.1) is 24.2 Å². The Morgan fingerprint density at radius 1 is 1.32 bits per heavy atom. The van der Waals surface area contributed by atoms with Gasteiger partial charge in [0.1, 0.15) is 0 Å². The average molecular weight is 341 g/mol. The smallest absolute Gasteiger partial charge is 0.234 e. The van der Waals surface area contributed by atoms with Gasteiger partial charge in [-0.2, -0.15) is 0 Å². The number of halogens is 1. The maximum Gasteiger partial charge on any atom is 0.234 e. The van der Waals surface area contributed by atoms with Gasteiger partial charge in [0.05, 0.1) is 5.41 Å². The number of anilines is 1. The third kappa shape index (κ3) is 3.01. The summed E-state index contributed by atoms with van der Waals surface area (Å²) in [6.45, 7) is 1.86. The van der Waals surface area contributed by atoms with E-state index in [0.717, 1.165) is 25.2 Å². The predicted molar refractivity (Wildman–Crippen MR) is 96.1 cm³/mol. The molecule has 1 aromatic rings. The van der Waals surface area contributed by atoms with E-state index in [4.69, 9.17) is 0 Å². The van der Waals surface area contributed by atoms with Crippen LogP contribution in [0, 0.1) is 11.3 Å². The van der Waals surface area contributed by atoms with E-state index >= 15 is 0 Å². The second-order valence-corrected chi connectivity index (χ2v) is 7.17. The minimum Gasteiger partial charge on any atom is -0.315 e. The highest BCUT2D eigenvalue weighted by Gasteiger charge is 2.51. The lowest BCUT2D eigenvalue weighted by Crippen LogP contribution is -2.48. The van der Waals surface area contributed by atoms with Crippen LogP contribution in [0.4, 0.5) is 5.69 Å². The van der Waals surface area contributed by atoms with E-state index in [9.17, 15) is 4.79 Å². The summed E-state index contributed by atoms with van der Waals surface area (Å²) in [6.07, 6.45) is 6.76. The number of nitrogens with zero attached hydrogens (tertiary/aromatic N) is 1. The highest BCUT2D eigenvalue weighted by atomic mass is 35.5. The zero-order valence-corrected chi connectivity index (χ0v) is 14.9. The Labute approximate surface area is 143 Å². The van der Waals surface area contributed by atoms with E-state index in [2.05, 4.69) is 35.8 Å². The highest BCUT2D eigenvalue weighted by molar-refractivity contribution is 7.98. The van der Waals surface area contributed by atoms with Crippen LogP contribution in [0.25, 0.3) is 0 Å². The van der Waals surface area contributed by atoms with Crippen LogP contribution in [0.2, 0.25) is 0 Å². The SMILES string of the molecule is CSc1ccc(N(C)C(=O)[C@@]23CCCC[C@H]2CNC3)cc1.Cl. The molecular weight excluding hydrogens is 316 g/mol. The van der Waals surface area contributed by atoms with Gasteiger partial charge >= 0.3 is 0 Å². The fourth-order valence-electron chi connectivity index (χ4n) is 3.93. The molecule has 0 unspecified atom stereocenters. The van der Waals surface area contributed by atoms with Crippen molar-refractivity contribution in [1.82, 2.24) is 5.32 Å². The first-order valence-corrected chi connectivity index (χ1v) is 9.03. The number of benzene rings is 1. The Hall–Kier alpha value is -0.710. The molecule has 0 radical (unpaired) electrons. The first kappa shape index (κ1) is 17.6. The first-order chi connectivity index (χ1) is 10.2. The van der Waals surface area contributed by atoms with Crippen LogP contribution in [0.15, 0.2) is 29.2 Å². The molecule has 1 saturated carbocycles. The van der Waals surface area contributed by atoms with Crippen molar-refractivity contribution in [2.75, 3.05) is 31.3 Å². The van der Waals surface area contributed by atoms with Gasteiger partial charge in [-0.3, -0.25) is 4.79 Å². The molecule has 0 spiro atoms. The summed E-state index contributed by atoms with van der Waals surface area (Å²) in [5, 5.41) is 3.46. The lowest BCUT2D eigenvalue weighted by molar-refractivity contribution is -0.130. The molecule has 122 valence electrons. The number of hydrogen-bond acceptors (Lipinski definition) is 3. The number of rotatable bonds is 3. The monoisotopic (exact) mass is 340 g/mol. The van der Waals surface area contributed by atoms with E-state index in [-0.39, 0.29) is 17.8 Å². The van der Waals surface area contributed by atoms with Crippen LogP contribution in [-0.4, -0.2) is 32.3 Å². The van der Waals surface area contributed by atoms with Gasteiger partial charge < -0.3 is 10.2 Å². The normalized spacial score (nSPS) is 26.9. The standard InChI is InChI=1S/C17H24N2OS.ClH/c1-19(14-6-8-15(21-2)9-7-14)16(20)17-10-4-3-5-13(17)11-18-12-17;/h6-9,13,18H,3-5,10-12H2,1-2H3;1H/t13-,17+;/m0./s1. The third-order valence-corrected chi connectivity index (χ3v) is 5.97. The van der Waals surface area contributed by atoms with Gasteiger partial charge in [0.15, 0.2) is 0 Å². The first-order valence-electron chi connectivity index (χ1n) is 7.80. The summed E-state index contributed by atoms with van der Waals surface area (Å²) in [6, 6.07) is 8.29.